The fourth-order valence-electron chi connectivity index (χ4n) is 4.44. The highest BCUT2D eigenvalue weighted by Gasteiger charge is 2.28. The van der Waals surface area contributed by atoms with Gasteiger partial charge in [-0.05, 0) is 68.5 Å². The molecular weight excluding hydrogens is 424 g/mol. The Balaban J connectivity index is 1.69. The molecule has 1 atom stereocenters. The number of hydrogen-bond acceptors (Lipinski definition) is 4. The molecule has 32 heavy (non-hydrogen) atoms. The topological polar surface area (TPSA) is 69.0 Å². The number of ketones is 2. The van der Waals surface area contributed by atoms with Crippen molar-refractivity contribution in [3.63, 3.8) is 0 Å². The summed E-state index contributed by atoms with van der Waals surface area (Å²) in [6.45, 7) is 7.54. The lowest BCUT2D eigenvalue weighted by atomic mass is 9.90. The van der Waals surface area contributed by atoms with E-state index in [1.54, 1.807) is 31.2 Å². The molecule has 6 heteroatoms. The predicted molar refractivity (Wildman–Crippen MR) is 127 cm³/mol. The first-order valence-electron chi connectivity index (χ1n) is 10.8. The molecule has 3 aromatic rings. The molecule has 4 rings (SSSR count). The lowest BCUT2D eigenvalue weighted by Crippen LogP contribution is -2.35. The number of rotatable bonds is 5. The van der Waals surface area contributed by atoms with Crippen molar-refractivity contribution in [1.29, 1.82) is 0 Å². The van der Waals surface area contributed by atoms with Gasteiger partial charge in [0.15, 0.2) is 11.6 Å². The Hall–Kier alpha value is -3.05. The van der Waals surface area contributed by atoms with Crippen molar-refractivity contribution in [2.24, 2.45) is 0 Å². The second-order valence-corrected chi connectivity index (χ2v) is 8.89. The quantitative estimate of drug-likeness (QED) is 0.390. The summed E-state index contributed by atoms with van der Waals surface area (Å²) < 4.78 is 1.53. The van der Waals surface area contributed by atoms with E-state index in [9.17, 15) is 14.4 Å². The summed E-state index contributed by atoms with van der Waals surface area (Å²) >= 11 is 6.07. The van der Waals surface area contributed by atoms with E-state index < -0.39 is 6.04 Å². The Kier molecular flexibility index (Phi) is 6.11. The molecule has 1 aliphatic rings. The van der Waals surface area contributed by atoms with Gasteiger partial charge in [0.2, 0.25) is 0 Å². The Labute approximate surface area is 191 Å². The zero-order valence-electron chi connectivity index (χ0n) is 18.3. The van der Waals surface area contributed by atoms with Crippen LogP contribution in [0.4, 0.5) is 0 Å². The average Bonchev–Trinajstić information content (AvgIpc) is 2.75. The van der Waals surface area contributed by atoms with Gasteiger partial charge in [-0.3, -0.25) is 19.0 Å². The minimum absolute atomic E-state index is 0.00151. The first kappa shape index (κ1) is 22.2. The van der Waals surface area contributed by atoms with Gasteiger partial charge in [-0.15, -0.1) is 0 Å². The third-order valence-electron chi connectivity index (χ3n) is 6.17. The summed E-state index contributed by atoms with van der Waals surface area (Å²) in [4.78, 5) is 43.6. The highest BCUT2D eigenvalue weighted by molar-refractivity contribution is 6.31. The summed E-state index contributed by atoms with van der Waals surface area (Å²) in [6.07, 6.45) is 2.24. The summed E-state index contributed by atoms with van der Waals surface area (Å²) in [5.74, 6) is 0.514. The van der Waals surface area contributed by atoms with Crippen molar-refractivity contribution in [2.45, 2.75) is 52.0 Å². The van der Waals surface area contributed by atoms with Gasteiger partial charge >= 0.3 is 0 Å². The Morgan fingerprint density at radius 1 is 1.22 bits per heavy atom. The van der Waals surface area contributed by atoms with Crippen molar-refractivity contribution < 1.29 is 9.59 Å². The van der Waals surface area contributed by atoms with Crippen molar-refractivity contribution in [3.05, 3.63) is 86.4 Å². The number of carbonyl (C=O) groups excluding carboxylic acids is 2. The van der Waals surface area contributed by atoms with Gasteiger partial charge < -0.3 is 0 Å². The number of carbonyl (C=O) groups is 2. The maximum atomic E-state index is 13.5. The van der Waals surface area contributed by atoms with Gasteiger partial charge in [-0.25, -0.2) is 4.98 Å². The smallest absolute Gasteiger partial charge is 0.262 e. The molecule has 0 aliphatic heterocycles. The molecule has 1 unspecified atom stereocenters. The van der Waals surface area contributed by atoms with Crippen LogP contribution in [0.3, 0.4) is 0 Å². The lowest BCUT2D eigenvalue weighted by Gasteiger charge is -2.26. The second-order valence-electron chi connectivity index (χ2n) is 8.48. The van der Waals surface area contributed by atoms with Crippen LogP contribution in [-0.4, -0.2) is 21.1 Å². The normalized spacial score (nSPS) is 16.5. The Bertz CT molecular complexity index is 1320. The van der Waals surface area contributed by atoms with Crippen LogP contribution in [0.2, 0.25) is 5.02 Å². The molecule has 1 aromatic heterocycles. The van der Waals surface area contributed by atoms with Gasteiger partial charge in [0.05, 0.1) is 16.9 Å². The molecule has 0 N–H and O–H groups in total. The van der Waals surface area contributed by atoms with Crippen LogP contribution < -0.4 is 5.56 Å². The van der Waals surface area contributed by atoms with Crippen LogP contribution >= 0.6 is 11.6 Å². The average molecular weight is 449 g/mol. The molecule has 1 fully saturated rings. The standard InChI is InChI=1S/C26H25ClN2O3/c1-15-7-11-22(24(31)13-15)29-17(3)28-21-6-4-5-18(25(21)26(29)32)9-12-23(30)19-8-10-20(27)16(2)14-19/h4-6,8,10,14,22H,1,7,9,11-13H2,2-3H3. The van der Waals surface area contributed by atoms with E-state index in [4.69, 9.17) is 11.6 Å². The number of nitrogens with zero attached hydrogens (tertiary/aromatic N) is 2. The van der Waals surface area contributed by atoms with Crippen LogP contribution in [0.5, 0.6) is 0 Å². The Morgan fingerprint density at radius 2 is 2.00 bits per heavy atom. The number of aromatic nitrogens is 2. The number of Topliss-reactive ketones (excluding diaryl/α,β-unsaturated/α-hetero) is 2. The molecule has 0 amide bonds. The highest BCUT2D eigenvalue weighted by Crippen LogP contribution is 2.28. The third kappa shape index (κ3) is 4.17. The van der Waals surface area contributed by atoms with Crippen molar-refractivity contribution >= 4 is 34.1 Å². The molecule has 1 heterocycles. The predicted octanol–water partition coefficient (Wildman–Crippen LogP) is 5.33. The van der Waals surface area contributed by atoms with E-state index in [2.05, 4.69) is 11.6 Å². The number of halogens is 1. The van der Waals surface area contributed by atoms with Gasteiger partial charge in [-0.2, -0.15) is 0 Å². The molecule has 2 aromatic carbocycles. The van der Waals surface area contributed by atoms with E-state index >= 15 is 0 Å². The molecule has 0 spiro atoms. The van der Waals surface area contributed by atoms with E-state index in [0.29, 0.717) is 46.6 Å². The van der Waals surface area contributed by atoms with Crippen LogP contribution in [0.15, 0.2) is 53.3 Å². The van der Waals surface area contributed by atoms with Crippen LogP contribution in [0.1, 0.15) is 59.0 Å². The monoisotopic (exact) mass is 448 g/mol. The van der Waals surface area contributed by atoms with Gasteiger partial charge in [0, 0.05) is 23.4 Å². The third-order valence-corrected chi connectivity index (χ3v) is 6.60. The van der Waals surface area contributed by atoms with Gasteiger partial charge in [-0.1, -0.05) is 35.9 Å². The summed E-state index contributed by atoms with van der Waals surface area (Å²) in [5.41, 5.74) is 3.49. The molecule has 0 radical (unpaired) electrons. The summed E-state index contributed by atoms with van der Waals surface area (Å²) in [6, 6.07) is 10.2. The lowest BCUT2D eigenvalue weighted by molar-refractivity contribution is -0.122. The molecule has 164 valence electrons. The maximum absolute atomic E-state index is 13.5. The fourth-order valence-corrected chi connectivity index (χ4v) is 4.55. The number of allylic oxidation sites excluding steroid dienone is 1. The zero-order chi connectivity index (χ0) is 23.0. The van der Waals surface area contributed by atoms with Crippen LogP contribution in [-0.2, 0) is 11.2 Å². The van der Waals surface area contributed by atoms with Gasteiger partial charge in [0.1, 0.15) is 5.82 Å². The minimum Gasteiger partial charge on any atom is -0.297 e. The largest absolute Gasteiger partial charge is 0.297 e. The van der Waals surface area contributed by atoms with Gasteiger partial charge in [0.25, 0.3) is 5.56 Å². The van der Waals surface area contributed by atoms with Crippen LogP contribution in [0.25, 0.3) is 10.9 Å². The molecule has 1 aliphatic carbocycles. The second kappa shape index (κ2) is 8.83. The minimum atomic E-state index is -0.517. The molecule has 1 saturated carbocycles. The number of hydrogen-bond donors (Lipinski definition) is 0. The molecule has 0 saturated heterocycles. The molecule has 5 nitrogen and oxygen atoms in total. The summed E-state index contributed by atoms with van der Waals surface area (Å²) in [5, 5.41) is 1.11. The first-order chi connectivity index (χ1) is 15.3. The highest BCUT2D eigenvalue weighted by atomic mass is 35.5. The zero-order valence-corrected chi connectivity index (χ0v) is 19.0. The van der Waals surface area contributed by atoms with E-state index in [0.717, 1.165) is 23.1 Å². The SMILES string of the molecule is C=C1CCC(n2c(C)nc3cccc(CCC(=O)c4ccc(Cl)c(C)c4)c3c2=O)C(=O)C1. The fraction of sp³-hybridized carbons (Fsp3) is 0.308. The molecule has 0 bridgehead atoms. The first-order valence-corrected chi connectivity index (χ1v) is 11.1. The summed E-state index contributed by atoms with van der Waals surface area (Å²) in [7, 11) is 0. The van der Waals surface area contributed by atoms with Crippen molar-refractivity contribution in [3.8, 4) is 0 Å². The van der Waals surface area contributed by atoms with E-state index in [1.165, 1.54) is 4.57 Å². The van der Waals surface area contributed by atoms with E-state index in [-0.39, 0.29) is 23.5 Å². The number of aryl methyl sites for hydroxylation is 3. The maximum Gasteiger partial charge on any atom is 0.262 e. The number of benzene rings is 2. The van der Waals surface area contributed by atoms with Crippen LogP contribution in [0, 0.1) is 13.8 Å². The number of fused-ring (bicyclic) bond motifs is 1. The Morgan fingerprint density at radius 3 is 2.72 bits per heavy atom. The van der Waals surface area contributed by atoms with Crippen molar-refractivity contribution in [1.82, 2.24) is 9.55 Å². The van der Waals surface area contributed by atoms with E-state index in [1.807, 2.05) is 19.1 Å². The van der Waals surface area contributed by atoms with Crippen molar-refractivity contribution in [2.75, 3.05) is 0 Å². The molecular formula is C26H25ClN2O3.